The zero-order chi connectivity index (χ0) is 12.5. The van der Waals surface area contributed by atoms with E-state index in [4.69, 9.17) is 14.7 Å². The van der Waals surface area contributed by atoms with Crippen LogP contribution in [0.1, 0.15) is 5.56 Å². The molecule has 1 N–H and O–H groups in total. The molecule has 0 bridgehead atoms. The van der Waals surface area contributed by atoms with Crippen LogP contribution in [0.2, 0.25) is 0 Å². The summed E-state index contributed by atoms with van der Waals surface area (Å²) in [5.74, 6) is 1.26. The van der Waals surface area contributed by atoms with Gasteiger partial charge in [0, 0.05) is 11.6 Å². The second-order valence-corrected chi connectivity index (χ2v) is 3.67. The van der Waals surface area contributed by atoms with E-state index in [1.54, 1.807) is 18.2 Å². The van der Waals surface area contributed by atoms with Crippen molar-refractivity contribution in [2.24, 2.45) is 0 Å². The van der Waals surface area contributed by atoms with E-state index in [1.807, 2.05) is 6.07 Å². The Balaban J connectivity index is 2.16. The highest BCUT2D eigenvalue weighted by Gasteiger charge is 2.16. The lowest BCUT2D eigenvalue weighted by molar-refractivity contribution is 0.174. The number of aromatic nitrogens is 2. The number of nitrogens with one attached hydrogen (secondary N) is 1. The van der Waals surface area contributed by atoms with Crippen molar-refractivity contribution in [3.8, 4) is 28.8 Å². The van der Waals surface area contributed by atoms with Gasteiger partial charge in [0.05, 0.1) is 5.56 Å². The van der Waals surface area contributed by atoms with Gasteiger partial charge in [0.15, 0.2) is 11.5 Å². The molecule has 2 aromatic rings. The molecule has 6 nitrogen and oxygen atoms in total. The van der Waals surface area contributed by atoms with Crippen LogP contribution in [0.3, 0.4) is 0 Å². The summed E-state index contributed by atoms with van der Waals surface area (Å²) >= 11 is 0. The van der Waals surface area contributed by atoms with E-state index in [0.29, 0.717) is 22.8 Å². The van der Waals surface area contributed by atoms with Gasteiger partial charge in [0.25, 0.3) is 5.56 Å². The largest absolute Gasteiger partial charge is 0.454 e. The number of fused-ring (bicyclic) bond motifs is 1. The van der Waals surface area contributed by atoms with E-state index in [1.165, 1.54) is 6.07 Å². The Hall–Kier alpha value is -2.81. The maximum atomic E-state index is 11.1. The second kappa shape index (κ2) is 3.89. The minimum Gasteiger partial charge on any atom is -0.454 e. The molecule has 1 aliphatic rings. The minimum atomic E-state index is -0.406. The standard InChI is InChI=1S/C12H7N3O3/c13-5-8-4-11(16)14-15-12(8)7-1-2-9-10(3-7)18-6-17-9/h1-4H,6H2,(H,14,16). The number of benzene rings is 1. The highest BCUT2D eigenvalue weighted by molar-refractivity contribution is 5.69. The number of aromatic amines is 1. The summed E-state index contributed by atoms with van der Waals surface area (Å²) < 4.78 is 10.5. The predicted octanol–water partition coefficient (Wildman–Crippen LogP) is 1.04. The fourth-order valence-corrected chi connectivity index (χ4v) is 1.75. The molecule has 18 heavy (non-hydrogen) atoms. The van der Waals surface area contributed by atoms with Crippen LogP contribution >= 0.6 is 0 Å². The first-order valence-corrected chi connectivity index (χ1v) is 5.18. The molecule has 0 fully saturated rings. The van der Waals surface area contributed by atoms with Crippen molar-refractivity contribution >= 4 is 0 Å². The third-order valence-electron chi connectivity index (χ3n) is 2.57. The maximum absolute atomic E-state index is 11.1. The van der Waals surface area contributed by atoms with Crippen molar-refractivity contribution in [2.75, 3.05) is 6.79 Å². The summed E-state index contributed by atoms with van der Waals surface area (Å²) in [6.07, 6.45) is 0. The smallest absolute Gasteiger partial charge is 0.265 e. The molecule has 1 aromatic heterocycles. The molecule has 0 radical (unpaired) electrons. The SMILES string of the molecule is N#Cc1cc(=O)[nH]nc1-c1ccc2c(c1)OCO2. The average molecular weight is 241 g/mol. The van der Waals surface area contributed by atoms with E-state index in [0.717, 1.165) is 0 Å². The lowest BCUT2D eigenvalue weighted by Gasteiger charge is -2.03. The molecule has 0 spiro atoms. The summed E-state index contributed by atoms with van der Waals surface area (Å²) in [7, 11) is 0. The average Bonchev–Trinajstić information content (AvgIpc) is 2.85. The van der Waals surface area contributed by atoms with Gasteiger partial charge < -0.3 is 9.47 Å². The normalized spacial score (nSPS) is 12.2. The van der Waals surface area contributed by atoms with Crippen LogP contribution in [0, 0.1) is 11.3 Å². The Morgan fingerprint density at radius 2 is 2.11 bits per heavy atom. The predicted molar refractivity (Wildman–Crippen MR) is 61.1 cm³/mol. The van der Waals surface area contributed by atoms with Crippen molar-refractivity contribution in [3.05, 3.63) is 40.2 Å². The Labute approximate surface area is 101 Å². The summed E-state index contributed by atoms with van der Waals surface area (Å²) in [5, 5.41) is 15.2. The van der Waals surface area contributed by atoms with Gasteiger partial charge in [-0.05, 0) is 18.2 Å². The number of H-pyrrole nitrogens is 1. The second-order valence-electron chi connectivity index (χ2n) is 3.67. The Kier molecular flexibility index (Phi) is 2.24. The number of ether oxygens (including phenoxy) is 2. The Bertz CT molecular complexity index is 715. The first kappa shape index (κ1) is 10.4. The van der Waals surface area contributed by atoms with E-state index in [9.17, 15) is 4.79 Å². The van der Waals surface area contributed by atoms with E-state index >= 15 is 0 Å². The topological polar surface area (TPSA) is 88.0 Å². The molecule has 0 saturated carbocycles. The number of hydrogen-bond acceptors (Lipinski definition) is 5. The number of rotatable bonds is 1. The van der Waals surface area contributed by atoms with E-state index in [-0.39, 0.29) is 12.4 Å². The molecule has 0 atom stereocenters. The summed E-state index contributed by atoms with van der Waals surface area (Å²) in [6.45, 7) is 0.183. The van der Waals surface area contributed by atoms with Gasteiger partial charge in [-0.25, -0.2) is 5.10 Å². The van der Waals surface area contributed by atoms with E-state index in [2.05, 4.69) is 10.2 Å². The van der Waals surface area contributed by atoms with Crippen LogP contribution in [0.15, 0.2) is 29.1 Å². The van der Waals surface area contributed by atoms with Crippen molar-refractivity contribution in [1.82, 2.24) is 10.2 Å². The van der Waals surface area contributed by atoms with Crippen LogP contribution < -0.4 is 15.0 Å². The summed E-state index contributed by atoms with van der Waals surface area (Å²) in [5.41, 5.74) is 0.913. The first-order chi connectivity index (χ1) is 8.78. The van der Waals surface area contributed by atoms with E-state index < -0.39 is 5.56 Å². The van der Waals surface area contributed by atoms with Gasteiger partial charge in [-0.15, -0.1) is 0 Å². The fourth-order valence-electron chi connectivity index (χ4n) is 1.75. The third kappa shape index (κ3) is 1.58. The molecular weight excluding hydrogens is 234 g/mol. The van der Waals surface area contributed by atoms with Gasteiger partial charge in [0.2, 0.25) is 6.79 Å². The highest BCUT2D eigenvalue weighted by atomic mass is 16.7. The molecule has 0 amide bonds. The molecular formula is C12H7N3O3. The van der Waals surface area contributed by atoms with Crippen LogP contribution in [0.4, 0.5) is 0 Å². The zero-order valence-corrected chi connectivity index (χ0v) is 9.14. The first-order valence-electron chi connectivity index (χ1n) is 5.18. The Morgan fingerprint density at radius 1 is 1.28 bits per heavy atom. The van der Waals surface area contributed by atoms with Gasteiger partial charge in [0.1, 0.15) is 11.8 Å². The van der Waals surface area contributed by atoms with Gasteiger partial charge >= 0.3 is 0 Å². The lowest BCUT2D eigenvalue weighted by Crippen LogP contribution is -2.08. The van der Waals surface area contributed by atoms with Crippen LogP contribution in [-0.4, -0.2) is 17.0 Å². The summed E-state index contributed by atoms with van der Waals surface area (Å²) in [6, 6.07) is 8.39. The molecule has 0 saturated heterocycles. The molecule has 0 unspecified atom stereocenters. The summed E-state index contributed by atoms with van der Waals surface area (Å²) in [4.78, 5) is 11.1. The molecule has 6 heteroatoms. The Morgan fingerprint density at radius 3 is 2.94 bits per heavy atom. The monoisotopic (exact) mass is 241 g/mol. The van der Waals surface area contributed by atoms with Crippen LogP contribution in [0.25, 0.3) is 11.3 Å². The molecule has 1 aliphatic heterocycles. The third-order valence-corrected chi connectivity index (χ3v) is 2.57. The zero-order valence-electron chi connectivity index (χ0n) is 9.14. The molecule has 88 valence electrons. The van der Waals surface area contributed by atoms with Crippen molar-refractivity contribution in [1.29, 1.82) is 5.26 Å². The van der Waals surface area contributed by atoms with Crippen molar-refractivity contribution < 1.29 is 9.47 Å². The van der Waals surface area contributed by atoms with Crippen LogP contribution in [-0.2, 0) is 0 Å². The molecule has 0 aliphatic carbocycles. The fraction of sp³-hybridized carbons (Fsp3) is 0.0833. The molecule has 1 aromatic carbocycles. The minimum absolute atomic E-state index is 0.183. The highest BCUT2D eigenvalue weighted by Crippen LogP contribution is 2.35. The molecule has 3 rings (SSSR count). The van der Waals surface area contributed by atoms with Crippen LogP contribution in [0.5, 0.6) is 11.5 Å². The molecule has 2 heterocycles. The van der Waals surface area contributed by atoms with Crippen molar-refractivity contribution in [2.45, 2.75) is 0 Å². The van der Waals surface area contributed by atoms with Crippen molar-refractivity contribution in [3.63, 3.8) is 0 Å². The number of hydrogen-bond donors (Lipinski definition) is 1. The van der Waals surface area contributed by atoms with Gasteiger partial charge in [-0.3, -0.25) is 4.79 Å². The quantitative estimate of drug-likeness (QED) is 0.805. The maximum Gasteiger partial charge on any atom is 0.265 e. The number of nitrogens with zero attached hydrogens (tertiary/aromatic N) is 2. The van der Waals surface area contributed by atoms with Gasteiger partial charge in [-0.1, -0.05) is 0 Å². The van der Waals surface area contributed by atoms with Gasteiger partial charge in [-0.2, -0.15) is 10.4 Å². The number of nitriles is 1. The lowest BCUT2D eigenvalue weighted by atomic mass is 10.1.